The second-order valence-electron chi connectivity index (χ2n) is 10.2. The molecular formula is C27H28F4N4O4S. The van der Waals surface area contributed by atoms with Gasteiger partial charge < -0.3 is 10.4 Å². The molecule has 0 bridgehead atoms. The van der Waals surface area contributed by atoms with Crippen LogP contribution in [0.1, 0.15) is 67.8 Å². The number of aliphatic hydroxyl groups excluding tert-OH is 1. The van der Waals surface area contributed by atoms with E-state index in [2.05, 4.69) is 10.3 Å². The fourth-order valence-corrected chi connectivity index (χ4v) is 6.65. The Morgan fingerprint density at radius 1 is 1.00 bits per heavy atom. The number of fused-ring (bicyclic) bond motifs is 1. The number of hydrogen-bond acceptors (Lipinski definition) is 6. The molecule has 1 aromatic carbocycles. The highest BCUT2D eigenvalue weighted by atomic mass is 32.2. The minimum absolute atomic E-state index is 0.0319. The minimum atomic E-state index is -4.53. The number of alkyl halides is 3. The van der Waals surface area contributed by atoms with E-state index in [0.717, 1.165) is 60.9 Å². The summed E-state index contributed by atoms with van der Waals surface area (Å²) < 4.78 is 55.2. The first-order valence-electron chi connectivity index (χ1n) is 13.1. The molecule has 1 amide bonds. The SMILES string of the molecule is O=C(NC1CCC(n2c(=O)c3cc(F)cnc3n(C3CCSCC3)c2=O)CC1)C(O)c1ccc(C(F)(F)F)cc1. The fourth-order valence-electron chi connectivity index (χ4n) is 5.56. The summed E-state index contributed by atoms with van der Waals surface area (Å²) in [6, 6.07) is 3.86. The summed E-state index contributed by atoms with van der Waals surface area (Å²) in [4.78, 5) is 43.8. The third-order valence-electron chi connectivity index (χ3n) is 7.69. The van der Waals surface area contributed by atoms with E-state index in [-0.39, 0.29) is 28.7 Å². The van der Waals surface area contributed by atoms with Crippen molar-refractivity contribution < 1.29 is 27.5 Å². The summed E-state index contributed by atoms with van der Waals surface area (Å²) in [6.45, 7) is 0. The molecule has 2 aromatic heterocycles. The number of benzene rings is 1. The van der Waals surface area contributed by atoms with Crippen molar-refractivity contribution in [3.05, 3.63) is 74.3 Å². The van der Waals surface area contributed by atoms with Crippen molar-refractivity contribution >= 4 is 28.7 Å². The predicted molar refractivity (Wildman–Crippen MR) is 142 cm³/mol. The zero-order chi connectivity index (χ0) is 28.6. The molecule has 2 fully saturated rings. The number of nitrogens with zero attached hydrogens (tertiary/aromatic N) is 3. The largest absolute Gasteiger partial charge is 0.416 e. The van der Waals surface area contributed by atoms with E-state index in [4.69, 9.17) is 0 Å². The second kappa shape index (κ2) is 11.4. The van der Waals surface area contributed by atoms with E-state index in [1.54, 1.807) is 11.8 Å². The number of carbonyl (C=O) groups excluding carboxylic acids is 1. The van der Waals surface area contributed by atoms with Crippen molar-refractivity contribution in [2.45, 2.75) is 68.9 Å². The lowest BCUT2D eigenvalue weighted by atomic mass is 9.90. The van der Waals surface area contributed by atoms with Crippen LogP contribution in [0.4, 0.5) is 17.6 Å². The molecule has 13 heteroatoms. The van der Waals surface area contributed by atoms with Crippen molar-refractivity contribution in [1.29, 1.82) is 0 Å². The van der Waals surface area contributed by atoms with E-state index < -0.39 is 46.9 Å². The van der Waals surface area contributed by atoms with Crippen molar-refractivity contribution in [2.24, 2.45) is 0 Å². The number of amides is 1. The van der Waals surface area contributed by atoms with Crippen LogP contribution in [-0.2, 0) is 11.0 Å². The molecule has 1 aliphatic carbocycles. The molecule has 3 aromatic rings. The summed E-state index contributed by atoms with van der Waals surface area (Å²) in [5.41, 5.74) is -1.74. The quantitative estimate of drug-likeness (QED) is 0.440. The van der Waals surface area contributed by atoms with Crippen LogP contribution < -0.4 is 16.6 Å². The molecule has 1 saturated heterocycles. The molecule has 1 saturated carbocycles. The Morgan fingerprint density at radius 3 is 2.25 bits per heavy atom. The maximum atomic E-state index is 14.1. The number of pyridine rings is 1. The lowest BCUT2D eigenvalue weighted by molar-refractivity contribution is -0.137. The average molecular weight is 581 g/mol. The van der Waals surface area contributed by atoms with Gasteiger partial charge in [-0.1, -0.05) is 12.1 Å². The molecule has 5 rings (SSSR count). The molecule has 8 nitrogen and oxygen atoms in total. The molecular weight excluding hydrogens is 552 g/mol. The summed E-state index contributed by atoms with van der Waals surface area (Å²) in [7, 11) is 0. The molecule has 1 aliphatic heterocycles. The highest BCUT2D eigenvalue weighted by Gasteiger charge is 2.32. The number of aliphatic hydroxyl groups is 1. The van der Waals surface area contributed by atoms with E-state index in [9.17, 15) is 37.1 Å². The van der Waals surface area contributed by atoms with Gasteiger partial charge in [0.1, 0.15) is 11.5 Å². The topological polar surface area (TPSA) is 106 Å². The second-order valence-corrected chi connectivity index (χ2v) is 11.5. The number of rotatable bonds is 5. The maximum absolute atomic E-state index is 14.1. The maximum Gasteiger partial charge on any atom is 0.416 e. The number of nitrogens with one attached hydrogen (secondary N) is 1. The first kappa shape index (κ1) is 28.3. The Balaban J connectivity index is 1.32. The lowest BCUT2D eigenvalue weighted by Crippen LogP contribution is -2.47. The van der Waals surface area contributed by atoms with Gasteiger partial charge in [-0.05, 0) is 73.8 Å². The number of aromatic nitrogens is 3. The lowest BCUT2D eigenvalue weighted by Gasteiger charge is -2.32. The van der Waals surface area contributed by atoms with Gasteiger partial charge in [0.15, 0.2) is 6.10 Å². The van der Waals surface area contributed by atoms with Gasteiger partial charge in [0.05, 0.1) is 17.1 Å². The van der Waals surface area contributed by atoms with E-state index in [1.807, 2.05) is 0 Å². The van der Waals surface area contributed by atoms with E-state index in [0.29, 0.717) is 25.7 Å². The van der Waals surface area contributed by atoms with Crippen LogP contribution >= 0.6 is 11.8 Å². The highest BCUT2D eigenvalue weighted by Crippen LogP contribution is 2.32. The highest BCUT2D eigenvalue weighted by molar-refractivity contribution is 7.99. The van der Waals surface area contributed by atoms with E-state index >= 15 is 0 Å². The fraction of sp³-hybridized carbons (Fsp3) is 0.481. The Hall–Kier alpha value is -3.19. The van der Waals surface area contributed by atoms with Gasteiger partial charge in [0.2, 0.25) is 0 Å². The van der Waals surface area contributed by atoms with Gasteiger partial charge in [-0.15, -0.1) is 0 Å². The van der Waals surface area contributed by atoms with Crippen LogP contribution in [-0.4, -0.2) is 42.7 Å². The van der Waals surface area contributed by atoms with Gasteiger partial charge in [-0.3, -0.25) is 18.7 Å². The standard InChI is InChI=1S/C27H28F4N4O4S/c28-17-13-21-23(32-14-17)34(20-9-11-40-12-10-20)26(39)35(25(21)38)19-7-5-18(6-8-19)33-24(37)22(36)15-1-3-16(4-2-15)27(29,30)31/h1-4,13-14,18-20,22,36H,5-12H2,(H,33,37). The molecule has 2 N–H and O–H groups in total. The number of halogens is 4. The summed E-state index contributed by atoms with van der Waals surface area (Å²) >= 11 is 1.79. The van der Waals surface area contributed by atoms with Crippen LogP contribution in [0.2, 0.25) is 0 Å². The Morgan fingerprint density at radius 2 is 1.62 bits per heavy atom. The van der Waals surface area contributed by atoms with Gasteiger partial charge in [-0.2, -0.15) is 24.9 Å². The first-order chi connectivity index (χ1) is 19.0. The minimum Gasteiger partial charge on any atom is -0.378 e. The van der Waals surface area contributed by atoms with Crippen LogP contribution in [0, 0.1) is 5.82 Å². The van der Waals surface area contributed by atoms with Crippen molar-refractivity contribution in [3.8, 4) is 0 Å². The van der Waals surface area contributed by atoms with Crippen molar-refractivity contribution in [1.82, 2.24) is 19.4 Å². The zero-order valence-corrected chi connectivity index (χ0v) is 22.2. The smallest absolute Gasteiger partial charge is 0.378 e. The predicted octanol–water partition coefficient (Wildman–Crippen LogP) is 4.12. The number of hydrogen-bond donors (Lipinski definition) is 2. The van der Waals surface area contributed by atoms with E-state index in [1.165, 1.54) is 9.13 Å². The van der Waals surface area contributed by atoms with Crippen molar-refractivity contribution in [3.63, 3.8) is 0 Å². The third kappa shape index (κ3) is 5.67. The normalized spacial score (nSPS) is 21.3. The Labute approximate surface area is 230 Å². The van der Waals surface area contributed by atoms with Crippen LogP contribution in [0.25, 0.3) is 11.0 Å². The summed E-state index contributed by atoms with van der Waals surface area (Å²) in [5, 5.41) is 13.1. The van der Waals surface area contributed by atoms with Gasteiger partial charge >= 0.3 is 11.9 Å². The van der Waals surface area contributed by atoms with Crippen LogP contribution in [0.3, 0.4) is 0 Å². The molecule has 3 heterocycles. The Kier molecular flexibility index (Phi) is 8.05. The molecule has 40 heavy (non-hydrogen) atoms. The first-order valence-corrected chi connectivity index (χ1v) is 14.3. The molecule has 0 radical (unpaired) electrons. The Bertz CT molecular complexity index is 1510. The van der Waals surface area contributed by atoms with Crippen LogP contribution in [0.15, 0.2) is 46.1 Å². The third-order valence-corrected chi connectivity index (χ3v) is 8.74. The monoisotopic (exact) mass is 580 g/mol. The van der Waals surface area contributed by atoms with Crippen molar-refractivity contribution in [2.75, 3.05) is 11.5 Å². The molecule has 0 spiro atoms. The molecule has 214 valence electrons. The summed E-state index contributed by atoms with van der Waals surface area (Å²) in [5.74, 6) is 0.313. The summed E-state index contributed by atoms with van der Waals surface area (Å²) in [6.07, 6.45) is -2.13. The molecule has 1 atom stereocenters. The van der Waals surface area contributed by atoms with Crippen LogP contribution in [0.5, 0.6) is 0 Å². The molecule has 1 unspecified atom stereocenters. The zero-order valence-electron chi connectivity index (χ0n) is 21.4. The number of carbonyl (C=O) groups is 1. The average Bonchev–Trinajstić information content (AvgIpc) is 2.94. The number of thioether (sulfide) groups is 1. The van der Waals surface area contributed by atoms with Gasteiger partial charge in [-0.25, -0.2) is 14.2 Å². The molecule has 2 aliphatic rings. The van der Waals surface area contributed by atoms with Gasteiger partial charge in [0.25, 0.3) is 11.5 Å². The van der Waals surface area contributed by atoms with Gasteiger partial charge in [0, 0.05) is 18.1 Å².